The van der Waals surface area contributed by atoms with E-state index in [2.05, 4.69) is 46.5 Å². The monoisotopic (exact) mass is 301 g/mol. The van der Waals surface area contributed by atoms with Crippen molar-refractivity contribution in [2.24, 2.45) is 5.10 Å². The Balaban J connectivity index is 1.75. The van der Waals surface area contributed by atoms with E-state index in [0.717, 1.165) is 18.7 Å². The van der Waals surface area contributed by atoms with Gasteiger partial charge in [-0.25, -0.2) is 0 Å². The quantitative estimate of drug-likeness (QED) is 0.501. The zero-order valence-corrected chi connectivity index (χ0v) is 12.9. The van der Waals surface area contributed by atoms with E-state index < -0.39 is 0 Å². The van der Waals surface area contributed by atoms with Crippen LogP contribution >= 0.6 is 0 Å². The minimum absolute atomic E-state index is 0.748. The Morgan fingerprint density at radius 2 is 1.43 bits per heavy atom. The number of pyridine rings is 1. The van der Waals surface area contributed by atoms with Gasteiger partial charge in [-0.15, -0.1) is 0 Å². The van der Waals surface area contributed by atoms with Gasteiger partial charge >= 0.3 is 0 Å². The Morgan fingerprint density at radius 3 is 2.13 bits per heavy atom. The van der Waals surface area contributed by atoms with E-state index >= 15 is 0 Å². The molecule has 1 heterocycles. The van der Waals surface area contributed by atoms with Gasteiger partial charge in [0.25, 0.3) is 0 Å². The third-order valence-electron chi connectivity index (χ3n) is 3.53. The highest BCUT2D eigenvalue weighted by Crippen LogP contribution is 2.17. The molecule has 3 nitrogen and oxygen atoms in total. The number of para-hydroxylation sites is 1. The second-order valence-corrected chi connectivity index (χ2v) is 5.24. The van der Waals surface area contributed by atoms with Crippen LogP contribution in [0.4, 0.5) is 5.69 Å². The number of rotatable bonds is 6. The van der Waals surface area contributed by atoms with Crippen LogP contribution < -0.4 is 5.01 Å². The minimum Gasteiger partial charge on any atom is -0.265 e. The lowest BCUT2D eigenvalue weighted by atomic mass is 10.2. The van der Waals surface area contributed by atoms with Crippen LogP contribution in [0.25, 0.3) is 0 Å². The Labute approximate surface area is 136 Å². The Hall–Kier alpha value is -2.94. The predicted molar refractivity (Wildman–Crippen MR) is 95.5 cm³/mol. The Morgan fingerprint density at radius 1 is 0.783 bits per heavy atom. The van der Waals surface area contributed by atoms with Crippen molar-refractivity contribution in [3.05, 3.63) is 96.3 Å². The van der Waals surface area contributed by atoms with Gasteiger partial charge in [-0.2, -0.15) is 5.10 Å². The second-order valence-electron chi connectivity index (χ2n) is 5.24. The fraction of sp³-hybridized carbons (Fsp3) is 0.100. The van der Waals surface area contributed by atoms with Gasteiger partial charge in [0.05, 0.1) is 12.2 Å². The molecule has 0 saturated heterocycles. The molecule has 0 spiro atoms. The van der Waals surface area contributed by atoms with E-state index in [1.54, 1.807) is 0 Å². The number of anilines is 1. The molecule has 0 unspecified atom stereocenters. The summed E-state index contributed by atoms with van der Waals surface area (Å²) in [7, 11) is 0. The lowest BCUT2D eigenvalue weighted by Crippen LogP contribution is -2.16. The third-order valence-corrected chi connectivity index (χ3v) is 3.53. The van der Waals surface area contributed by atoms with Gasteiger partial charge in [0.1, 0.15) is 0 Å². The van der Waals surface area contributed by atoms with E-state index in [1.807, 2.05) is 60.0 Å². The van der Waals surface area contributed by atoms with Crippen LogP contribution in [0, 0.1) is 0 Å². The highest BCUT2D eigenvalue weighted by molar-refractivity contribution is 5.63. The molecule has 0 aliphatic carbocycles. The molecular weight excluding hydrogens is 282 g/mol. The van der Waals surface area contributed by atoms with E-state index in [9.17, 15) is 0 Å². The first-order chi connectivity index (χ1) is 11.4. The molecule has 3 rings (SSSR count). The molecule has 0 radical (unpaired) electrons. The molecule has 0 bridgehead atoms. The van der Waals surface area contributed by atoms with E-state index in [-0.39, 0.29) is 0 Å². The molecule has 114 valence electrons. The SMILES string of the molecule is C(/Cc1ccncc1)=N\N(Cc1ccccc1)c1ccccc1. The van der Waals surface area contributed by atoms with Crippen LogP contribution in [0.1, 0.15) is 11.1 Å². The average molecular weight is 301 g/mol. The Bertz CT molecular complexity index is 725. The normalized spacial score (nSPS) is 10.8. The highest BCUT2D eigenvalue weighted by Gasteiger charge is 2.04. The topological polar surface area (TPSA) is 28.5 Å². The first-order valence-electron chi connectivity index (χ1n) is 7.70. The van der Waals surface area contributed by atoms with Gasteiger partial charge in [0.2, 0.25) is 0 Å². The van der Waals surface area contributed by atoms with Gasteiger partial charge in [-0.1, -0.05) is 48.5 Å². The molecule has 0 amide bonds. The summed E-state index contributed by atoms with van der Waals surface area (Å²) in [5.74, 6) is 0. The van der Waals surface area contributed by atoms with Crippen LogP contribution in [0.15, 0.2) is 90.3 Å². The van der Waals surface area contributed by atoms with Gasteiger partial charge < -0.3 is 0 Å². The largest absolute Gasteiger partial charge is 0.265 e. The molecule has 0 N–H and O–H groups in total. The van der Waals surface area contributed by atoms with Crippen LogP contribution in [-0.2, 0) is 13.0 Å². The van der Waals surface area contributed by atoms with Gasteiger partial charge in [0, 0.05) is 25.0 Å². The molecule has 0 fully saturated rings. The highest BCUT2D eigenvalue weighted by atomic mass is 15.4. The van der Waals surface area contributed by atoms with Gasteiger partial charge in [-0.3, -0.25) is 9.99 Å². The summed E-state index contributed by atoms with van der Waals surface area (Å²) < 4.78 is 0. The van der Waals surface area contributed by atoms with E-state index in [4.69, 9.17) is 0 Å². The maximum atomic E-state index is 4.67. The van der Waals surface area contributed by atoms with Crippen LogP contribution in [-0.4, -0.2) is 11.2 Å². The zero-order valence-electron chi connectivity index (χ0n) is 12.9. The lowest BCUT2D eigenvalue weighted by Gasteiger charge is -2.19. The van der Waals surface area contributed by atoms with E-state index in [1.165, 1.54) is 11.1 Å². The molecule has 0 atom stereocenters. The molecule has 2 aromatic carbocycles. The number of hydrogen-bond acceptors (Lipinski definition) is 3. The molecule has 3 heteroatoms. The predicted octanol–water partition coefficient (Wildman–Crippen LogP) is 4.32. The standard InChI is InChI=1S/C20H19N3/c1-3-7-19(8-4-1)17-23(20-9-5-2-6-10-20)22-16-13-18-11-14-21-15-12-18/h1-12,14-16H,13,17H2/b22-16+. The third kappa shape index (κ3) is 4.51. The first kappa shape index (κ1) is 15.0. The van der Waals surface area contributed by atoms with Gasteiger partial charge in [0.15, 0.2) is 0 Å². The number of aromatic nitrogens is 1. The van der Waals surface area contributed by atoms with Crippen molar-refractivity contribution < 1.29 is 0 Å². The van der Waals surface area contributed by atoms with Crippen molar-refractivity contribution in [3.63, 3.8) is 0 Å². The Kier molecular flexibility index (Phi) is 5.14. The molecule has 0 aliphatic rings. The van der Waals surface area contributed by atoms with E-state index in [0.29, 0.717) is 0 Å². The fourth-order valence-corrected chi connectivity index (χ4v) is 2.32. The second kappa shape index (κ2) is 7.90. The van der Waals surface area contributed by atoms with Crippen molar-refractivity contribution in [1.82, 2.24) is 4.98 Å². The molecule has 0 saturated carbocycles. The molecule has 23 heavy (non-hydrogen) atoms. The summed E-state index contributed by atoms with van der Waals surface area (Å²) >= 11 is 0. The fourth-order valence-electron chi connectivity index (χ4n) is 2.32. The molecular formula is C20H19N3. The number of nitrogens with zero attached hydrogens (tertiary/aromatic N) is 3. The summed E-state index contributed by atoms with van der Waals surface area (Å²) in [6.07, 6.45) is 6.36. The van der Waals surface area contributed by atoms with Gasteiger partial charge in [-0.05, 0) is 35.4 Å². The first-order valence-corrected chi connectivity index (χ1v) is 7.70. The summed E-state index contributed by atoms with van der Waals surface area (Å²) in [6.45, 7) is 0.748. The maximum absolute atomic E-state index is 4.67. The lowest BCUT2D eigenvalue weighted by molar-refractivity contribution is 0.855. The van der Waals surface area contributed by atoms with Crippen LogP contribution in [0.3, 0.4) is 0 Å². The van der Waals surface area contributed by atoms with Crippen molar-refractivity contribution in [1.29, 1.82) is 0 Å². The summed E-state index contributed by atoms with van der Waals surface area (Å²) in [4.78, 5) is 4.04. The van der Waals surface area contributed by atoms with Crippen molar-refractivity contribution >= 4 is 11.9 Å². The summed E-state index contributed by atoms with van der Waals surface area (Å²) in [5, 5.41) is 6.70. The molecule has 1 aromatic heterocycles. The van der Waals surface area contributed by atoms with Crippen molar-refractivity contribution in [2.45, 2.75) is 13.0 Å². The van der Waals surface area contributed by atoms with Crippen LogP contribution in [0.2, 0.25) is 0 Å². The number of hydrazone groups is 1. The smallest absolute Gasteiger partial charge is 0.0666 e. The van der Waals surface area contributed by atoms with Crippen molar-refractivity contribution in [3.8, 4) is 0 Å². The molecule has 3 aromatic rings. The minimum atomic E-state index is 0.748. The number of hydrogen-bond donors (Lipinski definition) is 0. The number of benzene rings is 2. The van der Waals surface area contributed by atoms with Crippen molar-refractivity contribution in [2.75, 3.05) is 5.01 Å². The zero-order chi connectivity index (χ0) is 15.7. The average Bonchev–Trinajstić information content (AvgIpc) is 2.63. The maximum Gasteiger partial charge on any atom is 0.0666 e. The summed E-state index contributed by atoms with van der Waals surface area (Å²) in [6, 6.07) is 24.6. The molecule has 0 aliphatic heterocycles. The summed E-state index contributed by atoms with van der Waals surface area (Å²) in [5.41, 5.74) is 3.52. The van der Waals surface area contributed by atoms with Crippen LogP contribution in [0.5, 0.6) is 0 Å².